The summed E-state index contributed by atoms with van der Waals surface area (Å²) in [5.41, 5.74) is -2.97. The van der Waals surface area contributed by atoms with E-state index in [0.29, 0.717) is 35.5 Å². The van der Waals surface area contributed by atoms with Gasteiger partial charge in [-0.25, -0.2) is 0 Å². The molecule has 3 saturated carbocycles. The minimum Gasteiger partial charge on any atom is -0.550 e. The molecular weight excluding hydrogens is 661 g/mol. The molecule has 3 aliphatic carbocycles. The van der Waals surface area contributed by atoms with Crippen molar-refractivity contribution in [3.63, 3.8) is 0 Å². The molecule has 9 atom stereocenters. The largest absolute Gasteiger partial charge is 1.00 e. The molecule has 9 unspecified atom stereocenters. The quantitative estimate of drug-likeness (QED) is 0.174. The Hall–Kier alpha value is 1.25. The third-order valence-corrected chi connectivity index (χ3v) is 10.2. The van der Waals surface area contributed by atoms with Crippen molar-refractivity contribution in [3.8, 4) is 0 Å². The maximum Gasteiger partial charge on any atom is 1.00 e. The van der Waals surface area contributed by atoms with Crippen molar-refractivity contribution in [2.45, 2.75) is 157 Å². The number of rotatable bonds is 8. The first kappa shape index (κ1) is 57.0. The third kappa shape index (κ3) is 23.6. The van der Waals surface area contributed by atoms with Gasteiger partial charge in [0.05, 0.1) is 24.3 Å². The Morgan fingerprint density at radius 1 is 0.551 bits per heavy atom. The van der Waals surface area contributed by atoms with Crippen LogP contribution in [0.15, 0.2) is 0 Å². The van der Waals surface area contributed by atoms with Gasteiger partial charge in [0.15, 0.2) is 0 Å². The summed E-state index contributed by atoms with van der Waals surface area (Å²) in [4.78, 5) is 30.0. The van der Waals surface area contributed by atoms with Gasteiger partial charge in [-0.15, -0.1) is 0 Å². The number of hydrogen-bond acceptors (Lipinski definition) is 10. The summed E-state index contributed by atoms with van der Waals surface area (Å²) in [7, 11) is 0. The fraction of sp³-hybridized carbons (Fsp3) is 0.917. The van der Waals surface area contributed by atoms with Crippen LogP contribution in [0.4, 0.5) is 0 Å². The summed E-state index contributed by atoms with van der Waals surface area (Å²) in [6.45, 7) is 20.0. The predicted octanol–water partition coefficient (Wildman–Crippen LogP) is -6.92. The molecule has 3 aliphatic rings. The second kappa shape index (κ2) is 28.7. The topological polar surface area (TPSA) is 201 Å². The molecule has 0 aliphatic heterocycles. The zero-order valence-corrected chi connectivity index (χ0v) is 38.9. The molecule has 49 heavy (non-hydrogen) atoms. The zero-order valence-electron chi connectivity index (χ0n) is 32.9. The molecule has 3 rings (SSSR count). The number of aliphatic hydroxyl groups excluding tert-OH is 3. The van der Waals surface area contributed by atoms with Gasteiger partial charge in [0.2, 0.25) is 0 Å². The van der Waals surface area contributed by atoms with Gasteiger partial charge in [-0.2, -0.15) is 0 Å². The van der Waals surface area contributed by atoms with E-state index < -0.39 is 36.4 Å². The molecule has 272 valence electrons. The molecule has 0 heterocycles. The van der Waals surface area contributed by atoms with Gasteiger partial charge in [-0.05, 0) is 91.8 Å². The molecule has 4 N–H and O–H groups in total. The molecule has 0 radical (unpaired) electrons. The molecule has 0 aromatic heterocycles. The van der Waals surface area contributed by atoms with E-state index in [2.05, 4.69) is 62.3 Å². The molecule has 0 amide bonds. The van der Waals surface area contributed by atoms with Crippen molar-refractivity contribution in [1.29, 1.82) is 0 Å². The van der Waals surface area contributed by atoms with Crippen LogP contribution in [0.1, 0.15) is 133 Å². The number of hydrogen-bond donors (Lipinski definition) is 4. The molecule has 0 saturated heterocycles. The fourth-order valence-electron chi connectivity index (χ4n) is 7.14. The maximum atomic E-state index is 10.1. The smallest absolute Gasteiger partial charge is 0.550 e. The molecule has 3 fully saturated rings. The van der Waals surface area contributed by atoms with E-state index in [1.54, 1.807) is 0 Å². The number of carboxylic acid groups (broad SMARTS) is 3. The van der Waals surface area contributed by atoms with Crippen molar-refractivity contribution < 1.29 is 139 Å². The first-order chi connectivity index (χ1) is 21.1. The molecule has 0 aromatic carbocycles. The Labute approximate surface area is 363 Å². The van der Waals surface area contributed by atoms with Crippen LogP contribution in [-0.4, -0.2) is 62.2 Å². The van der Waals surface area contributed by atoms with Crippen molar-refractivity contribution in [2.24, 2.45) is 53.3 Å². The molecule has 0 bridgehead atoms. The van der Waals surface area contributed by atoms with Crippen molar-refractivity contribution in [1.82, 2.24) is 0 Å². The van der Waals surface area contributed by atoms with Crippen LogP contribution in [-0.2, 0) is 14.4 Å². The summed E-state index contributed by atoms with van der Waals surface area (Å²) in [5.74, 6) is -0.141. The Morgan fingerprint density at radius 3 is 0.918 bits per heavy atom. The van der Waals surface area contributed by atoms with Crippen LogP contribution >= 0.6 is 0 Å². The van der Waals surface area contributed by atoms with E-state index >= 15 is 0 Å². The monoisotopic (exact) mass is 726 g/mol. The van der Waals surface area contributed by atoms with Gasteiger partial charge < -0.3 is 50.1 Å². The Morgan fingerprint density at radius 2 is 0.776 bits per heavy atom. The van der Waals surface area contributed by atoms with Gasteiger partial charge in [0.25, 0.3) is 0 Å². The number of aliphatic hydroxyl groups is 4. The van der Waals surface area contributed by atoms with Crippen LogP contribution in [0.3, 0.4) is 0 Å². The maximum absolute atomic E-state index is 10.1. The molecule has 10 nitrogen and oxygen atoms in total. The SMILES string of the molecule is CC1CCC(C(C)C)C(O)C1.CC1CCC(C(C)C)C(O)C1.CC1CCC(C(C)C)C(O)C1.O=C([O-])CC(O)(CC(=O)[O-])C(=O)[O-].[Na+].[Na+].[Na+]. The predicted molar refractivity (Wildman–Crippen MR) is 171 cm³/mol. The third-order valence-electron chi connectivity index (χ3n) is 10.2. The second-order valence-corrected chi connectivity index (χ2v) is 15.6. The van der Waals surface area contributed by atoms with E-state index in [0.717, 1.165) is 37.0 Å². The average Bonchev–Trinajstić information content (AvgIpc) is 2.88. The number of carbonyl (C=O) groups excluding carboxylic acids is 3. The number of carbonyl (C=O) groups is 3. The van der Waals surface area contributed by atoms with E-state index in [9.17, 15) is 45.0 Å². The first-order valence-corrected chi connectivity index (χ1v) is 17.5. The molecule has 13 heteroatoms. The van der Waals surface area contributed by atoms with Gasteiger partial charge in [-0.1, -0.05) is 81.6 Å². The van der Waals surface area contributed by atoms with Gasteiger partial charge >= 0.3 is 88.7 Å². The van der Waals surface area contributed by atoms with Gasteiger partial charge in [-0.3, -0.25) is 0 Å². The van der Waals surface area contributed by atoms with E-state index in [1.165, 1.54) is 38.5 Å². The van der Waals surface area contributed by atoms with Crippen LogP contribution in [0.25, 0.3) is 0 Å². The van der Waals surface area contributed by atoms with Gasteiger partial charge in [0.1, 0.15) is 5.60 Å². The van der Waals surface area contributed by atoms with E-state index in [-0.39, 0.29) is 107 Å². The Bertz CT molecular complexity index is 817. The van der Waals surface area contributed by atoms with Crippen LogP contribution in [0.2, 0.25) is 0 Å². The van der Waals surface area contributed by atoms with Crippen LogP contribution in [0, 0.1) is 53.3 Å². The van der Waals surface area contributed by atoms with Crippen LogP contribution in [0.5, 0.6) is 0 Å². The molecule has 0 aromatic rings. The van der Waals surface area contributed by atoms with Crippen LogP contribution < -0.4 is 104 Å². The standard InChI is InChI=1S/3C10H20O.C6H8O7.3Na/c3*1-7(2)9-5-4-8(3)6-10(9)11;7-3(8)1-6(13,5(11)12)2-4(9)10;;;/h3*7-11H,4-6H2,1-3H3;13H,1-2H2,(H,7,8)(H,9,10)(H,11,12);;;/q;;;;3*+1/p-3. The average molecular weight is 727 g/mol. The number of aliphatic carboxylic acids is 3. The summed E-state index contributed by atoms with van der Waals surface area (Å²) in [5, 5.41) is 68.1. The van der Waals surface area contributed by atoms with Crippen molar-refractivity contribution >= 4 is 17.9 Å². The Kier molecular flexibility index (Phi) is 33.3. The minimum atomic E-state index is -2.97. The summed E-state index contributed by atoms with van der Waals surface area (Å²) in [6.07, 6.45) is 7.83. The van der Waals surface area contributed by atoms with E-state index in [1.807, 2.05) is 0 Å². The van der Waals surface area contributed by atoms with Gasteiger partial charge in [0, 0.05) is 24.8 Å². The molecular formula is C36H65Na3O10. The van der Waals surface area contributed by atoms with E-state index in [4.69, 9.17) is 5.11 Å². The Balaban J connectivity index is -0.000000270. The van der Waals surface area contributed by atoms with Crippen molar-refractivity contribution in [2.75, 3.05) is 0 Å². The summed E-state index contributed by atoms with van der Waals surface area (Å²) < 4.78 is 0. The zero-order chi connectivity index (χ0) is 35.9. The first-order valence-electron chi connectivity index (χ1n) is 17.5. The van der Waals surface area contributed by atoms with Crippen molar-refractivity contribution in [3.05, 3.63) is 0 Å². The normalized spacial score (nSPS) is 29.5. The number of carboxylic acids is 3. The molecule has 0 spiro atoms. The summed E-state index contributed by atoms with van der Waals surface area (Å²) >= 11 is 0. The minimum absolute atomic E-state index is 0. The second-order valence-electron chi connectivity index (χ2n) is 15.6. The fourth-order valence-corrected chi connectivity index (χ4v) is 7.14. The summed E-state index contributed by atoms with van der Waals surface area (Å²) in [6, 6.07) is 0.